The molecule has 3 rings (SSSR count). The van der Waals surface area contributed by atoms with Crippen LogP contribution >= 0.6 is 11.8 Å². The fourth-order valence-corrected chi connectivity index (χ4v) is 6.10. The Balaban J connectivity index is 1.49. The van der Waals surface area contributed by atoms with Gasteiger partial charge < -0.3 is 25.2 Å². The Morgan fingerprint density at radius 2 is 2.06 bits per heavy atom. The van der Waals surface area contributed by atoms with Crippen LogP contribution < -0.4 is 10.6 Å². The summed E-state index contributed by atoms with van der Waals surface area (Å²) in [6.45, 7) is 12.5. The van der Waals surface area contributed by atoms with Gasteiger partial charge in [0.15, 0.2) is 0 Å². The van der Waals surface area contributed by atoms with Gasteiger partial charge in [0.05, 0.1) is 12.0 Å². The van der Waals surface area contributed by atoms with Crippen LogP contribution in [0.4, 0.5) is 5.69 Å². The van der Waals surface area contributed by atoms with Crippen LogP contribution in [-0.4, -0.2) is 96.8 Å². The molecule has 0 radical (unpaired) electrons. The van der Waals surface area contributed by atoms with Crippen molar-refractivity contribution in [3.05, 3.63) is 29.8 Å². The lowest BCUT2D eigenvalue weighted by Crippen LogP contribution is -2.38. The van der Waals surface area contributed by atoms with E-state index in [9.17, 15) is 14.4 Å². The van der Waals surface area contributed by atoms with E-state index in [1.807, 2.05) is 25.1 Å². The standard InChI is InChI=1S/C26H39N5O4S/c1-4-31-23(17-21(27-3)26(34)35-5-2)36-22(25(31)33)18-29-20-11-8-10-19(16-20)24(32)28-12-9-15-30-13-6-7-14-30/h8,10-11,16,21-23,29H,3-7,9,12-15,17-18H2,1-2H3,(H,28,32). The third-order valence-electron chi connectivity index (χ3n) is 6.52. The number of carbonyl (C=O) groups is 3. The zero-order valence-electron chi connectivity index (χ0n) is 21.4. The number of nitrogens with zero attached hydrogens (tertiary/aromatic N) is 3. The van der Waals surface area contributed by atoms with Crippen molar-refractivity contribution < 1.29 is 19.1 Å². The number of likely N-dealkylation sites (tertiary alicyclic amines) is 1. The second-order valence-electron chi connectivity index (χ2n) is 9.01. The first-order valence-electron chi connectivity index (χ1n) is 12.9. The molecule has 0 saturated carbocycles. The second kappa shape index (κ2) is 14.2. The van der Waals surface area contributed by atoms with Crippen LogP contribution in [0, 0.1) is 0 Å². The number of benzene rings is 1. The number of hydrogen-bond acceptors (Lipinski definition) is 8. The van der Waals surface area contributed by atoms with Gasteiger partial charge >= 0.3 is 5.97 Å². The monoisotopic (exact) mass is 517 g/mol. The zero-order valence-corrected chi connectivity index (χ0v) is 22.2. The van der Waals surface area contributed by atoms with E-state index < -0.39 is 12.0 Å². The number of aliphatic imine (C=N–C) groups is 1. The molecule has 0 aromatic heterocycles. The van der Waals surface area contributed by atoms with E-state index in [1.165, 1.54) is 24.6 Å². The Bertz CT molecular complexity index is 908. The average molecular weight is 518 g/mol. The number of thioether (sulfide) groups is 1. The molecule has 3 atom stereocenters. The van der Waals surface area contributed by atoms with Crippen LogP contribution in [0.5, 0.6) is 0 Å². The number of esters is 1. The Kier molecular flexibility index (Phi) is 11.1. The molecule has 2 amide bonds. The molecule has 3 unspecified atom stereocenters. The molecular formula is C26H39N5O4S. The predicted molar refractivity (Wildman–Crippen MR) is 145 cm³/mol. The number of rotatable bonds is 14. The number of carbonyl (C=O) groups excluding carboxylic acids is 3. The summed E-state index contributed by atoms with van der Waals surface area (Å²) < 4.78 is 5.09. The minimum atomic E-state index is -0.693. The zero-order chi connectivity index (χ0) is 25.9. The third-order valence-corrected chi connectivity index (χ3v) is 7.98. The number of ether oxygens (including phenoxy) is 1. The quantitative estimate of drug-likeness (QED) is 0.222. The van der Waals surface area contributed by atoms with Crippen molar-refractivity contribution in [1.82, 2.24) is 15.1 Å². The molecule has 2 heterocycles. The van der Waals surface area contributed by atoms with Crippen molar-refractivity contribution in [2.24, 2.45) is 4.99 Å². The Morgan fingerprint density at radius 3 is 2.75 bits per heavy atom. The van der Waals surface area contributed by atoms with Crippen molar-refractivity contribution in [2.75, 3.05) is 51.2 Å². The van der Waals surface area contributed by atoms with Crippen molar-refractivity contribution in [2.45, 2.75) is 56.2 Å². The van der Waals surface area contributed by atoms with Crippen LogP contribution in [0.15, 0.2) is 29.3 Å². The van der Waals surface area contributed by atoms with Gasteiger partial charge in [-0.1, -0.05) is 6.07 Å². The largest absolute Gasteiger partial charge is 0.464 e. The SMILES string of the molecule is C=NC(CC1SC(CNc2cccc(C(=O)NCCCN3CCCC3)c2)C(=O)N1CC)C(=O)OCC. The van der Waals surface area contributed by atoms with E-state index in [4.69, 9.17) is 4.74 Å². The van der Waals surface area contributed by atoms with E-state index in [1.54, 1.807) is 17.9 Å². The highest BCUT2D eigenvalue weighted by molar-refractivity contribution is 8.01. The Labute approximate surface area is 218 Å². The first-order valence-corrected chi connectivity index (χ1v) is 13.8. The summed E-state index contributed by atoms with van der Waals surface area (Å²) in [7, 11) is 0. The summed E-state index contributed by atoms with van der Waals surface area (Å²) in [6.07, 6.45) is 3.86. The van der Waals surface area contributed by atoms with E-state index in [0.29, 0.717) is 31.6 Å². The van der Waals surface area contributed by atoms with Crippen LogP contribution in [0.3, 0.4) is 0 Å². The molecule has 1 aromatic carbocycles. The minimum Gasteiger partial charge on any atom is -0.464 e. The van der Waals surface area contributed by atoms with Gasteiger partial charge in [-0.15, -0.1) is 11.8 Å². The first kappa shape index (κ1) is 28.0. The number of anilines is 1. The molecule has 2 aliphatic rings. The van der Waals surface area contributed by atoms with Crippen molar-refractivity contribution in [3.63, 3.8) is 0 Å². The molecule has 0 aliphatic carbocycles. The summed E-state index contributed by atoms with van der Waals surface area (Å²) in [5, 5.41) is 5.84. The minimum absolute atomic E-state index is 0.0265. The van der Waals surface area contributed by atoms with Crippen LogP contribution in [0.1, 0.15) is 49.9 Å². The Hall–Kier alpha value is -2.59. The van der Waals surface area contributed by atoms with Gasteiger partial charge in [-0.05, 0) is 77.7 Å². The summed E-state index contributed by atoms with van der Waals surface area (Å²) >= 11 is 1.52. The summed E-state index contributed by atoms with van der Waals surface area (Å²) in [5.74, 6) is -0.478. The van der Waals surface area contributed by atoms with Gasteiger partial charge in [-0.25, -0.2) is 4.79 Å². The van der Waals surface area contributed by atoms with Crippen LogP contribution in [0.25, 0.3) is 0 Å². The van der Waals surface area contributed by atoms with Crippen LogP contribution in [-0.2, 0) is 14.3 Å². The molecular weight excluding hydrogens is 478 g/mol. The van der Waals surface area contributed by atoms with Gasteiger partial charge in [0, 0.05) is 37.3 Å². The average Bonchev–Trinajstić information content (AvgIpc) is 3.51. The summed E-state index contributed by atoms with van der Waals surface area (Å²) in [4.78, 5) is 45.9. The lowest BCUT2D eigenvalue weighted by atomic mass is 10.1. The van der Waals surface area contributed by atoms with E-state index in [0.717, 1.165) is 31.7 Å². The van der Waals surface area contributed by atoms with E-state index >= 15 is 0 Å². The van der Waals surface area contributed by atoms with Crippen LogP contribution in [0.2, 0.25) is 0 Å². The topological polar surface area (TPSA) is 103 Å². The third kappa shape index (κ3) is 7.70. The van der Waals surface area contributed by atoms with Gasteiger partial charge in [0.2, 0.25) is 5.91 Å². The Morgan fingerprint density at radius 1 is 1.28 bits per heavy atom. The smallest absolute Gasteiger partial charge is 0.330 e. The second-order valence-corrected chi connectivity index (χ2v) is 10.4. The highest BCUT2D eigenvalue weighted by Crippen LogP contribution is 2.35. The van der Waals surface area contributed by atoms with Crippen molar-refractivity contribution in [3.8, 4) is 0 Å². The molecule has 0 bridgehead atoms. The highest BCUT2D eigenvalue weighted by atomic mass is 32.2. The maximum absolute atomic E-state index is 13.0. The molecule has 2 N–H and O–H groups in total. The molecule has 2 aliphatic heterocycles. The van der Waals surface area contributed by atoms with Gasteiger partial charge in [0.25, 0.3) is 5.91 Å². The fourth-order valence-electron chi connectivity index (χ4n) is 4.59. The van der Waals surface area contributed by atoms with Crippen molar-refractivity contribution >= 4 is 42.0 Å². The number of hydrogen-bond donors (Lipinski definition) is 2. The fraction of sp³-hybridized carbons (Fsp3) is 0.615. The summed E-state index contributed by atoms with van der Waals surface area (Å²) in [5.41, 5.74) is 1.38. The molecule has 198 valence electrons. The molecule has 10 heteroatoms. The molecule has 2 fully saturated rings. The molecule has 36 heavy (non-hydrogen) atoms. The maximum atomic E-state index is 13.0. The molecule has 1 aromatic rings. The lowest BCUT2D eigenvalue weighted by molar-refractivity contribution is -0.145. The normalized spacial score (nSPS) is 20.8. The van der Waals surface area contributed by atoms with E-state index in [-0.39, 0.29) is 29.0 Å². The van der Waals surface area contributed by atoms with Gasteiger partial charge in [-0.2, -0.15) is 0 Å². The summed E-state index contributed by atoms with van der Waals surface area (Å²) in [6, 6.07) is 6.64. The maximum Gasteiger partial charge on any atom is 0.330 e. The van der Waals surface area contributed by atoms with Gasteiger partial charge in [-0.3, -0.25) is 14.6 Å². The number of nitrogens with one attached hydrogen (secondary N) is 2. The van der Waals surface area contributed by atoms with Gasteiger partial charge in [0.1, 0.15) is 11.3 Å². The number of amides is 2. The highest BCUT2D eigenvalue weighted by Gasteiger charge is 2.41. The molecule has 9 nitrogen and oxygen atoms in total. The lowest BCUT2D eigenvalue weighted by Gasteiger charge is -2.23. The first-order chi connectivity index (χ1) is 17.5. The van der Waals surface area contributed by atoms with Crippen molar-refractivity contribution in [1.29, 1.82) is 0 Å². The predicted octanol–water partition coefficient (Wildman–Crippen LogP) is 2.63. The molecule has 0 spiro atoms. The molecule has 2 saturated heterocycles. The van der Waals surface area contributed by atoms with E-state index in [2.05, 4.69) is 27.2 Å².